The maximum Gasteiger partial charge on any atom is 0.364 e. The van der Waals surface area contributed by atoms with Crippen molar-refractivity contribution >= 4 is 11.9 Å². The van der Waals surface area contributed by atoms with Crippen LogP contribution >= 0.6 is 0 Å². The Kier molecular flexibility index (Phi) is 15.8. The molecule has 16 N–H and O–H groups in total. The van der Waals surface area contributed by atoms with E-state index in [0.29, 0.717) is 0 Å². The Balaban J connectivity index is 1.18. The number of carboxylic acids is 2. The van der Waals surface area contributed by atoms with Crippen molar-refractivity contribution in [3.8, 4) is 0 Å². The molecule has 0 aromatic carbocycles. The van der Waals surface area contributed by atoms with Crippen molar-refractivity contribution in [1.82, 2.24) is 0 Å². The van der Waals surface area contributed by atoms with Gasteiger partial charge in [0.05, 0.1) is 26.4 Å². The molecular weight excluding hydrogens is 860 g/mol. The van der Waals surface area contributed by atoms with Crippen molar-refractivity contribution in [3.05, 3.63) is 0 Å². The molecule has 6 fully saturated rings. The van der Waals surface area contributed by atoms with Crippen molar-refractivity contribution in [2.24, 2.45) is 0 Å². The van der Waals surface area contributed by atoms with Crippen molar-refractivity contribution in [2.45, 2.75) is 166 Å². The number of rotatable bonds is 13. The quantitative estimate of drug-likeness (QED) is 0.0816. The van der Waals surface area contributed by atoms with Crippen LogP contribution in [0, 0.1) is 0 Å². The fraction of sp³-hybridized carbons (Fsp3) is 0.939. The average Bonchev–Trinajstić information content (AvgIpc) is 3.23. The van der Waals surface area contributed by atoms with E-state index in [-0.39, 0.29) is 0 Å². The summed E-state index contributed by atoms with van der Waals surface area (Å²) < 4.78 is 59.8. The molecule has 6 aliphatic heterocycles. The Labute approximate surface area is 348 Å². The lowest BCUT2D eigenvalue weighted by Crippen LogP contribution is -2.69. The number of aliphatic hydroxyl groups excluding tert-OH is 14. The number of carbonyl (C=O) groups is 2. The zero-order valence-electron chi connectivity index (χ0n) is 32.2. The van der Waals surface area contributed by atoms with Gasteiger partial charge in [-0.3, -0.25) is 0 Å². The molecule has 62 heavy (non-hydrogen) atoms. The fourth-order valence-electron chi connectivity index (χ4n) is 7.73. The topological polar surface area (TPSA) is 459 Å². The van der Waals surface area contributed by atoms with Gasteiger partial charge in [0.25, 0.3) is 5.79 Å². The number of fused-ring (bicyclic) bond motifs is 1. The lowest BCUT2D eigenvalue weighted by atomic mass is 9.95. The first-order valence-corrected chi connectivity index (χ1v) is 19.2. The second kappa shape index (κ2) is 19.8. The van der Waals surface area contributed by atoms with Gasteiger partial charge >= 0.3 is 11.9 Å². The van der Waals surface area contributed by atoms with E-state index in [4.69, 9.17) is 52.1 Å². The number of aliphatic carboxylic acids is 2. The molecular formula is C33H52O29. The SMILES string of the molecule is C[C@@]1(C(=O)O)OC[C@H]2O[C@H](O[C@@H]3[C@H](O)[C@@H](O)[C@@H](O[C@@H]4[C@H](O)[C@@H](O[C@@H]5[C@@H](O[C@@H]6[C@@H](O)[C@H](O)O[C@H](CO)[C@@H]6O)O[C@H](CO)[C@@H](O)[C@@H]5O)O[C@H](CO)[C@H]4O)O[C@@H]3C(=O)O)[C@@H](O)[C@@H](O)[C@@H]2O1. The Hall–Kier alpha value is -2.06. The molecule has 358 valence electrons. The van der Waals surface area contributed by atoms with Crippen LogP contribution in [0.1, 0.15) is 6.92 Å². The van der Waals surface area contributed by atoms with E-state index in [1.165, 1.54) is 0 Å². The molecule has 0 bridgehead atoms. The number of aliphatic hydroxyl groups is 14. The summed E-state index contributed by atoms with van der Waals surface area (Å²) >= 11 is 0. The van der Waals surface area contributed by atoms with E-state index in [0.717, 1.165) is 6.92 Å². The van der Waals surface area contributed by atoms with Crippen LogP contribution in [0.5, 0.6) is 0 Å². The summed E-state index contributed by atoms with van der Waals surface area (Å²) in [6.45, 7) is -2.38. The number of carboxylic acid groups (broad SMARTS) is 2. The minimum absolute atomic E-state index is 0.529. The van der Waals surface area contributed by atoms with E-state index < -0.39 is 198 Å². The highest BCUT2D eigenvalue weighted by molar-refractivity contribution is 5.75. The van der Waals surface area contributed by atoms with Gasteiger partial charge in [-0.15, -0.1) is 0 Å². The van der Waals surface area contributed by atoms with Crippen molar-refractivity contribution in [1.29, 1.82) is 0 Å². The molecule has 6 heterocycles. The largest absolute Gasteiger partial charge is 0.479 e. The maximum absolute atomic E-state index is 12.5. The Morgan fingerprint density at radius 2 is 0.984 bits per heavy atom. The lowest BCUT2D eigenvalue weighted by Gasteiger charge is -2.50. The van der Waals surface area contributed by atoms with E-state index in [1.54, 1.807) is 0 Å². The molecule has 29 heteroatoms. The minimum Gasteiger partial charge on any atom is -0.479 e. The van der Waals surface area contributed by atoms with E-state index in [1.807, 2.05) is 0 Å². The molecule has 0 unspecified atom stereocenters. The first-order chi connectivity index (χ1) is 29.2. The Bertz CT molecular complexity index is 1510. The van der Waals surface area contributed by atoms with E-state index >= 15 is 0 Å². The van der Waals surface area contributed by atoms with Gasteiger partial charge in [0, 0.05) is 6.92 Å². The number of hydrogen-bond acceptors (Lipinski definition) is 27. The zero-order valence-corrected chi connectivity index (χ0v) is 32.2. The molecule has 0 saturated carbocycles. The number of hydrogen-bond donors (Lipinski definition) is 16. The predicted molar refractivity (Wildman–Crippen MR) is 181 cm³/mol. The second-order valence-electron chi connectivity index (χ2n) is 15.5. The summed E-state index contributed by atoms with van der Waals surface area (Å²) in [5.74, 6) is -5.68. The van der Waals surface area contributed by atoms with Gasteiger partial charge in [-0.25, -0.2) is 9.59 Å². The van der Waals surface area contributed by atoms with Gasteiger partial charge < -0.3 is 134 Å². The fourth-order valence-corrected chi connectivity index (χ4v) is 7.73. The standard InChI is InChI=1S/C33H52O29/c1-33(32(50)51)52-5-9-20(62-33)14(41)16(43)28(56-9)59-23-15(42)17(44)29(61-25(23)26(47)48)57-22-12(39)8(4-36)54-30(19(22)46)60-24-13(40)10(37)6(2-34)55-31(24)58-21-11(38)7(3-35)53-27(49)18(21)45/h6-25,27-31,34-46,49H,2-5H2,1H3,(H,47,48)(H,50,51)/t6-,7-,8-,9-,10-,11+,12-,13+,14-,15-,16+,17-,18-,19+,20-,21+,22+,23-,24+,25+,27-,28-,29+,30-,31-,33-/m1/s1. The molecule has 6 aliphatic rings. The molecule has 6 rings (SSSR count). The third-order valence-electron chi connectivity index (χ3n) is 11.4. The van der Waals surface area contributed by atoms with Gasteiger partial charge in [0.15, 0.2) is 37.6 Å². The third-order valence-corrected chi connectivity index (χ3v) is 11.4. The van der Waals surface area contributed by atoms with Gasteiger partial charge in [0.1, 0.15) is 116 Å². The first kappa shape index (κ1) is 49.4. The van der Waals surface area contributed by atoms with E-state index in [9.17, 15) is 91.3 Å². The molecule has 0 spiro atoms. The first-order valence-electron chi connectivity index (χ1n) is 19.2. The number of ether oxygens (including phenoxy) is 11. The van der Waals surface area contributed by atoms with E-state index in [2.05, 4.69) is 0 Å². The lowest BCUT2D eigenvalue weighted by molar-refractivity contribution is -0.404. The van der Waals surface area contributed by atoms with Crippen molar-refractivity contribution in [3.63, 3.8) is 0 Å². The van der Waals surface area contributed by atoms with Gasteiger partial charge in [0.2, 0.25) is 0 Å². The van der Waals surface area contributed by atoms with Gasteiger partial charge in [-0.2, -0.15) is 0 Å². The van der Waals surface area contributed by atoms with Crippen LogP contribution in [0.3, 0.4) is 0 Å². The predicted octanol–water partition coefficient (Wildman–Crippen LogP) is -11.0. The van der Waals surface area contributed by atoms with Gasteiger partial charge in [-0.1, -0.05) is 0 Å². The molecule has 29 nitrogen and oxygen atoms in total. The van der Waals surface area contributed by atoms with Crippen LogP contribution in [-0.2, 0) is 61.7 Å². The summed E-state index contributed by atoms with van der Waals surface area (Å²) in [7, 11) is 0. The third kappa shape index (κ3) is 9.46. The highest BCUT2D eigenvalue weighted by Crippen LogP contribution is 2.38. The normalized spacial score (nSPS) is 52.5. The van der Waals surface area contributed by atoms with Crippen LogP contribution in [0.2, 0.25) is 0 Å². The van der Waals surface area contributed by atoms with Crippen molar-refractivity contribution < 1.29 is 143 Å². The van der Waals surface area contributed by atoms with Gasteiger partial charge in [-0.05, 0) is 0 Å². The molecule has 6 saturated heterocycles. The molecule has 0 aliphatic carbocycles. The molecule has 0 amide bonds. The van der Waals surface area contributed by atoms with Crippen LogP contribution in [0.15, 0.2) is 0 Å². The van der Waals surface area contributed by atoms with Crippen LogP contribution in [-0.4, -0.2) is 279 Å². The summed E-state index contributed by atoms with van der Waals surface area (Å²) in [4.78, 5) is 24.1. The highest BCUT2D eigenvalue weighted by atomic mass is 16.8. The highest BCUT2D eigenvalue weighted by Gasteiger charge is 2.59. The van der Waals surface area contributed by atoms with Crippen LogP contribution in [0.4, 0.5) is 0 Å². The summed E-state index contributed by atoms with van der Waals surface area (Å²) in [5.41, 5.74) is 0. The molecule has 0 aromatic rings. The smallest absolute Gasteiger partial charge is 0.364 e. The minimum atomic E-state index is -2.33. The van der Waals surface area contributed by atoms with Crippen molar-refractivity contribution in [2.75, 3.05) is 26.4 Å². The van der Waals surface area contributed by atoms with Crippen LogP contribution < -0.4 is 0 Å². The monoisotopic (exact) mass is 912 g/mol. The zero-order chi connectivity index (χ0) is 45.7. The molecule has 26 atom stereocenters. The van der Waals surface area contributed by atoms with Crippen LogP contribution in [0.25, 0.3) is 0 Å². The Morgan fingerprint density at radius 3 is 1.58 bits per heavy atom. The summed E-state index contributed by atoms with van der Waals surface area (Å²) in [5, 5.41) is 168. The molecule has 0 aromatic heterocycles. The summed E-state index contributed by atoms with van der Waals surface area (Å²) in [6, 6.07) is 0. The summed E-state index contributed by atoms with van der Waals surface area (Å²) in [6.07, 6.45) is -49.7. The maximum atomic E-state index is 12.5. The second-order valence-corrected chi connectivity index (χ2v) is 15.5. The average molecular weight is 913 g/mol. The Morgan fingerprint density at radius 1 is 0.516 bits per heavy atom. The molecule has 0 radical (unpaired) electrons.